The van der Waals surface area contributed by atoms with E-state index in [0.717, 1.165) is 32.6 Å². The molecule has 23 heavy (non-hydrogen) atoms. The zero-order chi connectivity index (χ0) is 16.2. The van der Waals surface area contributed by atoms with E-state index >= 15 is 0 Å². The van der Waals surface area contributed by atoms with Crippen LogP contribution in [0.1, 0.15) is 31.9 Å². The van der Waals surface area contributed by atoms with Crippen LogP contribution in [0.3, 0.4) is 0 Å². The fourth-order valence-electron chi connectivity index (χ4n) is 2.89. The first-order valence-electron chi connectivity index (χ1n) is 7.66. The Bertz CT molecular complexity index is 477. The molecule has 1 saturated heterocycles. The average molecular weight is 353 g/mol. The first-order valence-corrected chi connectivity index (χ1v) is 7.66. The maximum atomic E-state index is 12.6. The van der Waals surface area contributed by atoms with Gasteiger partial charge in [0, 0.05) is 37.8 Å². The standard InChI is InChI=1S/C16H23F3N2O.ClH/c1-12(2)11-14(21-9-7-20-8-10-21)13-5-3-4-6-15(13)22-16(17,18)19;/h3-6,12,14,20H,7-11H2,1-2H3;1H/t14-;/m1./s1. The number of nitrogens with zero attached hydrogens (tertiary/aromatic N) is 1. The molecular formula is C16H24ClF3N2O. The fourth-order valence-corrected chi connectivity index (χ4v) is 2.89. The number of alkyl halides is 3. The highest BCUT2D eigenvalue weighted by molar-refractivity contribution is 5.85. The van der Waals surface area contributed by atoms with Crippen molar-refractivity contribution in [2.45, 2.75) is 32.7 Å². The Labute approximate surface area is 141 Å². The van der Waals surface area contributed by atoms with Crippen LogP contribution in [-0.4, -0.2) is 37.4 Å². The largest absolute Gasteiger partial charge is 0.573 e. The molecule has 1 aliphatic rings. The van der Waals surface area contributed by atoms with Gasteiger partial charge >= 0.3 is 6.36 Å². The van der Waals surface area contributed by atoms with Crippen LogP contribution >= 0.6 is 12.4 Å². The summed E-state index contributed by atoms with van der Waals surface area (Å²) in [5.41, 5.74) is 0.621. The summed E-state index contributed by atoms with van der Waals surface area (Å²) in [5.74, 6) is 0.304. The van der Waals surface area contributed by atoms with Crippen molar-refractivity contribution in [3.63, 3.8) is 0 Å². The van der Waals surface area contributed by atoms with Crippen molar-refractivity contribution in [3.8, 4) is 5.75 Å². The van der Waals surface area contributed by atoms with Crippen molar-refractivity contribution in [1.82, 2.24) is 10.2 Å². The molecule has 1 N–H and O–H groups in total. The number of benzene rings is 1. The third-order valence-corrected chi connectivity index (χ3v) is 3.79. The van der Waals surface area contributed by atoms with E-state index < -0.39 is 6.36 Å². The molecule has 0 aromatic heterocycles. The highest BCUT2D eigenvalue weighted by Crippen LogP contribution is 2.36. The van der Waals surface area contributed by atoms with Gasteiger partial charge in [-0.1, -0.05) is 32.0 Å². The molecule has 2 rings (SSSR count). The summed E-state index contributed by atoms with van der Waals surface area (Å²) in [6.45, 7) is 7.55. The maximum absolute atomic E-state index is 12.6. The minimum absolute atomic E-state index is 0. The summed E-state index contributed by atoms with van der Waals surface area (Å²) in [5, 5.41) is 3.27. The van der Waals surface area contributed by atoms with Crippen molar-refractivity contribution in [2.75, 3.05) is 26.2 Å². The molecule has 1 heterocycles. The summed E-state index contributed by atoms with van der Waals surface area (Å²) in [6, 6.07) is 6.44. The van der Waals surface area contributed by atoms with Gasteiger partial charge in [-0.15, -0.1) is 25.6 Å². The van der Waals surface area contributed by atoms with E-state index in [-0.39, 0.29) is 24.2 Å². The maximum Gasteiger partial charge on any atom is 0.573 e. The monoisotopic (exact) mass is 352 g/mol. The van der Waals surface area contributed by atoms with E-state index in [9.17, 15) is 13.2 Å². The van der Waals surface area contributed by atoms with Crippen molar-refractivity contribution in [2.24, 2.45) is 5.92 Å². The Hall–Kier alpha value is -0.980. The molecule has 0 unspecified atom stereocenters. The second-order valence-corrected chi connectivity index (χ2v) is 6.02. The van der Waals surface area contributed by atoms with E-state index in [4.69, 9.17) is 0 Å². The van der Waals surface area contributed by atoms with Crippen LogP contribution in [0.25, 0.3) is 0 Å². The Morgan fingerprint density at radius 1 is 1.17 bits per heavy atom. The fraction of sp³-hybridized carbons (Fsp3) is 0.625. The number of rotatable bonds is 5. The quantitative estimate of drug-likeness (QED) is 0.867. The van der Waals surface area contributed by atoms with Gasteiger partial charge in [0.15, 0.2) is 0 Å². The van der Waals surface area contributed by atoms with Gasteiger partial charge in [-0.25, -0.2) is 0 Å². The predicted octanol–water partition coefficient (Wildman–Crippen LogP) is 4.00. The Morgan fingerprint density at radius 2 is 1.78 bits per heavy atom. The van der Waals surface area contributed by atoms with E-state index in [1.165, 1.54) is 6.07 Å². The van der Waals surface area contributed by atoms with Gasteiger partial charge < -0.3 is 10.1 Å². The van der Waals surface area contributed by atoms with Crippen molar-refractivity contribution >= 4 is 12.4 Å². The van der Waals surface area contributed by atoms with Crippen LogP contribution in [0.15, 0.2) is 24.3 Å². The van der Waals surface area contributed by atoms with Gasteiger partial charge in [0.25, 0.3) is 0 Å². The second-order valence-electron chi connectivity index (χ2n) is 6.02. The van der Waals surface area contributed by atoms with Crippen LogP contribution in [0.4, 0.5) is 13.2 Å². The van der Waals surface area contributed by atoms with E-state index in [1.54, 1.807) is 18.2 Å². The molecule has 132 valence electrons. The summed E-state index contributed by atoms with van der Waals surface area (Å²) in [6.07, 6.45) is -3.86. The highest BCUT2D eigenvalue weighted by Gasteiger charge is 2.34. The Balaban J connectivity index is 0.00000264. The van der Waals surface area contributed by atoms with Gasteiger partial charge in [-0.05, 0) is 18.4 Å². The molecule has 1 fully saturated rings. The summed E-state index contributed by atoms with van der Waals surface area (Å²) >= 11 is 0. The lowest BCUT2D eigenvalue weighted by Crippen LogP contribution is -2.45. The summed E-state index contributed by atoms with van der Waals surface area (Å²) < 4.78 is 42.2. The minimum atomic E-state index is -4.66. The zero-order valence-electron chi connectivity index (χ0n) is 13.4. The first-order chi connectivity index (χ1) is 10.4. The molecular weight excluding hydrogens is 329 g/mol. The number of ether oxygens (including phenoxy) is 1. The van der Waals surface area contributed by atoms with Crippen molar-refractivity contribution in [1.29, 1.82) is 0 Å². The summed E-state index contributed by atoms with van der Waals surface area (Å²) in [4.78, 5) is 2.25. The smallest absolute Gasteiger partial charge is 0.405 e. The summed E-state index contributed by atoms with van der Waals surface area (Å²) in [7, 11) is 0. The third kappa shape index (κ3) is 6.20. The average Bonchev–Trinajstić information content (AvgIpc) is 2.45. The molecule has 0 bridgehead atoms. The molecule has 0 spiro atoms. The number of hydrogen-bond acceptors (Lipinski definition) is 3. The van der Waals surface area contributed by atoms with Gasteiger partial charge in [0.1, 0.15) is 5.75 Å². The van der Waals surface area contributed by atoms with Crippen molar-refractivity contribution in [3.05, 3.63) is 29.8 Å². The van der Waals surface area contributed by atoms with E-state index in [0.29, 0.717) is 11.5 Å². The Kier molecular flexibility index (Phi) is 7.64. The van der Waals surface area contributed by atoms with Crippen LogP contribution < -0.4 is 10.1 Å². The van der Waals surface area contributed by atoms with E-state index in [1.807, 2.05) is 0 Å². The zero-order valence-corrected chi connectivity index (χ0v) is 14.2. The van der Waals surface area contributed by atoms with Gasteiger partial charge in [-0.2, -0.15) is 0 Å². The molecule has 0 saturated carbocycles. The van der Waals surface area contributed by atoms with Gasteiger partial charge in [0.2, 0.25) is 0 Å². The van der Waals surface area contributed by atoms with Crippen LogP contribution in [0.5, 0.6) is 5.75 Å². The molecule has 0 radical (unpaired) electrons. The van der Waals surface area contributed by atoms with E-state index in [2.05, 4.69) is 28.8 Å². The molecule has 1 aliphatic heterocycles. The number of nitrogens with one attached hydrogen (secondary N) is 1. The van der Waals surface area contributed by atoms with Crippen molar-refractivity contribution < 1.29 is 17.9 Å². The number of hydrogen-bond donors (Lipinski definition) is 1. The molecule has 3 nitrogen and oxygen atoms in total. The first kappa shape index (κ1) is 20.1. The normalized spacial score (nSPS) is 17.7. The number of para-hydroxylation sites is 1. The third-order valence-electron chi connectivity index (χ3n) is 3.79. The number of halogens is 4. The molecule has 0 amide bonds. The van der Waals surface area contributed by atoms with Crippen LogP contribution in [0, 0.1) is 5.92 Å². The van der Waals surface area contributed by atoms with Gasteiger partial charge in [0.05, 0.1) is 0 Å². The predicted molar refractivity (Wildman–Crippen MR) is 87.0 cm³/mol. The second kappa shape index (κ2) is 8.76. The minimum Gasteiger partial charge on any atom is -0.405 e. The number of piperazine rings is 1. The molecule has 1 atom stereocenters. The molecule has 1 aromatic rings. The molecule has 1 aromatic carbocycles. The lowest BCUT2D eigenvalue weighted by Gasteiger charge is -2.36. The van der Waals surface area contributed by atoms with Crippen LogP contribution in [-0.2, 0) is 0 Å². The molecule has 7 heteroatoms. The highest BCUT2D eigenvalue weighted by atomic mass is 35.5. The SMILES string of the molecule is CC(C)C[C@H](c1ccccc1OC(F)(F)F)N1CCNCC1.Cl. The Morgan fingerprint density at radius 3 is 2.35 bits per heavy atom. The lowest BCUT2D eigenvalue weighted by atomic mass is 9.94. The van der Waals surface area contributed by atoms with Gasteiger partial charge in [-0.3, -0.25) is 4.90 Å². The van der Waals surface area contributed by atoms with Crippen LogP contribution in [0.2, 0.25) is 0 Å². The lowest BCUT2D eigenvalue weighted by molar-refractivity contribution is -0.275. The topological polar surface area (TPSA) is 24.5 Å². The molecule has 0 aliphatic carbocycles.